The van der Waals surface area contributed by atoms with Crippen molar-refractivity contribution in [2.45, 2.75) is 38.6 Å². The molecule has 1 fully saturated rings. The van der Waals surface area contributed by atoms with Crippen LogP contribution in [0.2, 0.25) is 0 Å². The molecular weight excluding hydrogens is 216 g/mol. The van der Waals surface area contributed by atoms with Crippen molar-refractivity contribution in [3.63, 3.8) is 0 Å². The molecule has 94 valence electrons. The summed E-state index contributed by atoms with van der Waals surface area (Å²) in [6.07, 6.45) is 6.35. The Morgan fingerprint density at radius 1 is 1.35 bits per heavy atom. The molecule has 2 N–H and O–H groups in total. The molecule has 0 aromatic carbocycles. The van der Waals surface area contributed by atoms with E-state index in [1.807, 2.05) is 0 Å². The normalized spacial score (nSPS) is 15.2. The van der Waals surface area contributed by atoms with Gasteiger partial charge in [0.2, 0.25) is 5.75 Å². The number of hydrogen-bond acceptors (Lipinski definition) is 5. The Morgan fingerprint density at radius 3 is 2.71 bits per heavy atom. The van der Waals surface area contributed by atoms with Crippen LogP contribution in [0.25, 0.3) is 0 Å². The van der Waals surface area contributed by atoms with E-state index in [1.54, 1.807) is 13.4 Å². The molecule has 0 amide bonds. The molecule has 5 nitrogen and oxygen atoms in total. The maximum atomic E-state index is 5.39. The van der Waals surface area contributed by atoms with Crippen LogP contribution in [0.1, 0.15) is 32.6 Å². The molecule has 0 bridgehead atoms. The van der Waals surface area contributed by atoms with Crippen LogP contribution in [0.15, 0.2) is 6.33 Å². The van der Waals surface area contributed by atoms with Gasteiger partial charge in [0.1, 0.15) is 6.33 Å². The monoisotopic (exact) mass is 236 g/mol. The molecule has 0 spiro atoms. The summed E-state index contributed by atoms with van der Waals surface area (Å²) < 4.78 is 5.39. The van der Waals surface area contributed by atoms with Crippen LogP contribution < -0.4 is 15.4 Å². The summed E-state index contributed by atoms with van der Waals surface area (Å²) >= 11 is 0. The second kappa shape index (κ2) is 5.70. The highest BCUT2D eigenvalue weighted by molar-refractivity contribution is 5.63. The highest BCUT2D eigenvalue weighted by Crippen LogP contribution is 2.32. The average molecular weight is 236 g/mol. The third-order valence-corrected chi connectivity index (χ3v) is 3.00. The first-order chi connectivity index (χ1) is 8.35. The van der Waals surface area contributed by atoms with Crippen LogP contribution in [0.3, 0.4) is 0 Å². The maximum Gasteiger partial charge on any atom is 0.204 e. The first-order valence-electron chi connectivity index (χ1n) is 6.24. The van der Waals surface area contributed by atoms with Crippen LogP contribution >= 0.6 is 0 Å². The molecule has 0 aliphatic heterocycles. The quantitative estimate of drug-likeness (QED) is 0.793. The van der Waals surface area contributed by atoms with Gasteiger partial charge in [0, 0.05) is 12.6 Å². The lowest BCUT2D eigenvalue weighted by Crippen LogP contribution is -2.27. The van der Waals surface area contributed by atoms with Crippen molar-refractivity contribution in [1.29, 1.82) is 0 Å². The minimum Gasteiger partial charge on any atom is -0.490 e. The first kappa shape index (κ1) is 12.0. The smallest absolute Gasteiger partial charge is 0.204 e. The van der Waals surface area contributed by atoms with Crippen molar-refractivity contribution < 1.29 is 4.74 Å². The number of rotatable bonds is 6. The Labute approximate surface area is 102 Å². The van der Waals surface area contributed by atoms with E-state index < -0.39 is 0 Å². The van der Waals surface area contributed by atoms with Gasteiger partial charge in [0.05, 0.1) is 7.11 Å². The minimum atomic E-state index is 0.540. The summed E-state index contributed by atoms with van der Waals surface area (Å²) in [7, 11) is 1.65. The van der Waals surface area contributed by atoms with E-state index in [0.29, 0.717) is 11.8 Å². The molecule has 1 aliphatic rings. The third kappa shape index (κ3) is 2.78. The van der Waals surface area contributed by atoms with Gasteiger partial charge < -0.3 is 15.4 Å². The zero-order chi connectivity index (χ0) is 12.1. The van der Waals surface area contributed by atoms with Gasteiger partial charge in [-0.05, 0) is 25.7 Å². The van der Waals surface area contributed by atoms with Crippen LogP contribution in [0.5, 0.6) is 5.75 Å². The van der Waals surface area contributed by atoms with Crippen LogP contribution in [-0.4, -0.2) is 29.7 Å². The van der Waals surface area contributed by atoms with E-state index >= 15 is 0 Å². The van der Waals surface area contributed by atoms with Crippen molar-refractivity contribution in [3.8, 4) is 5.75 Å². The van der Waals surface area contributed by atoms with Gasteiger partial charge >= 0.3 is 0 Å². The van der Waals surface area contributed by atoms with Crippen molar-refractivity contribution in [2.75, 3.05) is 24.3 Å². The molecule has 1 aliphatic carbocycles. The number of nitrogens with zero attached hydrogens (tertiary/aromatic N) is 2. The number of methoxy groups -OCH3 is 1. The van der Waals surface area contributed by atoms with Gasteiger partial charge in [-0.1, -0.05) is 6.92 Å². The average Bonchev–Trinajstić information content (AvgIpc) is 2.31. The lowest BCUT2D eigenvalue weighted by Gasteiger charge is -2.27. The van der Waals surface area contributed by atoms with Crippen LogP contribution in [0, 0.1) is 0 Å². The molecule has 1 saturated carbocycles. The summed E-state index contributed by atoms with van der Waals surface area (Å²) in [6, 6.07) is 0.540. The zero-order valence-corrected chi connectivity index (χ0v) is 10.5. The second-order valence-corrected chi connectivity index (χ2v) is 4.30. The van der Waals surface area contributed by atoms with Crippen molar-refractivity contribution in [2.24, 2.45) is 0 Å². The van der Waals surface area contributed by atoms with Gasteiger partial charge in [-0.15, -0.1) is 0 Å². The van der Waals surface area contributed by atoms with E-state index in [-0.39, 0.29) is 0 Å². The van der Waals surface area contributed by atoms with Crippen molar-refractivity contribution >= 4 is 11.6 Å². The largest absolute Gasteiger partial charge is 0.490 e. The molecule has 1 aromatic rings. The van der Waals surface area contributed by atoms with E-state index in [4.69, 9.17) is 4.74 Å². The summed E-state index contributed by atoms with van der Waals surface area (Å²) in [5, 5.41) is 6.65. The summed E-state index contributed by atoms with van der Waals surface area (Å²) in [5.74, 6) is 2.28. The van der Waals surface area contributed by atoms with E-state index in [9.17, 15) is 0 Å². The molecule has 2 rings (SSSR count). The lowest BCUT2D eigenvalue weighted by molar-refractivity contribution is 0.407. The van der Waals surface area contributed by atoms with Crippen LogP contribution in [-0.2, 0) is 0 Å². The fourth-order valence-corrected chi connectivity index (χ4v) is 1.79. The SMILES string of the molecule is CCCNc1ncnc(NC2CCC2)c1OC. The molecule has 1 aromatic heterocycles. The van der Waals surface area contributed by atoms with Gasteiger partial charge in [-0.3, -0.25) is 0 Å². The van der Waals surface area contributed by atoms with Gasteiger partial charge in [0.15, 0.2) is 11.6 Å². The Kier molecular flexibility index (Phi) is 4.01. The highest BCUT2D eigenvalue weighted by atomic mass is 16.5. The molecular formula is C12H20N4O. The molecule has 17 heavy (non-hydrogen) atoms. The lowest BCUT2D eigenvalue weighted by atomic mass is 9.93. The minimum absolute atomic E-state index is 0.540. The Balaban J connectivity index is 2.12. The fraction of sp³-hybridized carbons (Fsp3) is 0.667. The Bertz CT molecular complexity index is 366. The predicted molar refractivity (Wildman–Crippen MR) is 68.6 cm³/mol. The van der Waals surface area contributed by atoms with Crippen LogP contribution in [0.4, 0.5) is 11.6 Å². The van der Waals surface area contributed by atoms with E-state index in [2.05, 4.69) is 27.5 Å². The Hall–Kier alpha value is -1.52. The number of nitrogens with one attached hydrogen (secondary N) is 2. The molecule has 1 heterocycles. The number of ether oxygens (including phenoxy) is 1. The molecule has 0 saturated heterocycles. The van der Waals surface area contributed by atoms with E-state index in [0.717, 1.165) is 24.6 Å². The number of anilines is 2. The zero-order valence-electron chi connectivity index (χ0n) is 10.5. The second-order valence-electron chi connectivity index (χ2n) is 4.30. The molecule has 5 heteroatoms. The van der Waals surface area contributed by atoms with E-state index in [1.165, 1.54) is 19.3 Å². The van der Waals surface area contributed by atoms with Gasteiger partial charge in [-0.2, -0.15) is 0 Å². The molecule has 0 radical (unpaired) electrons. The predicted octanol–water partition coefficient (Wildman–Crippen LogP) is 2.27. The molecule has 0 atom stereocenters. The standard InChI is InChI=1S/C12H20N4O/c1-3-7-13-11-10(17-2)12(15-8-14-11)16-9-5-4-6-9/h8-9H,3-7H2,1-2H3,(H2,13,14,15,16). The molecule has 0 unspecified atom stereocenters. The summed E-state index contributed by atoms with van der Waals surface area (Å²) in [4.78, 5) is 8.46. The summed E-state index contributed by atoms with van der Waals surface area (Å²) in [5.41, 5.74) is 0. The van der Waals surface area contributed by atoms with Crippen molar-refractivity contribution in [3.05, 3.63) is 6.33 Å². The topological polar surface area (TPSA) is 59.1 Å². The highest BCUT2D eigenvalue weighted by Gasteiger charge is 2.20. The number of aromatic nitrogens is 2. The maximum absolute atomic E-state index is 5.39. The fourth-order valence-electron chi connectivity index (χ4n) is 1.79. The van der Waals surface area contributed by atoms with Gasteiger partial charge in [-0.25, -0.2) is 9.97 Å². The third-order valence-electron chi connectivity index (χ3n) is 3.00. The number of hydrogen-bond donors (Lipinski definition) is 2. The first-order valence-corrected chi connectivity index (χ1v) is 6.24. The Morgan fingerprint density at radius 2 is 2.12 bits per heavy atom. The van der Waals surface area contributed by atoms with Crippen molar-refractivity contribution in [1.82, 2.24) is 9.97 Å². The summed E-state index contributed by atoms with van der Waals surface area (Å²) in [6.45, 7) is 3.00. The van der Waals surface area contributed by atoms with Gasteiger partial charge in [0.25, 0.3) is 0 Å².